The molecule has 596 valence electrons. The molecule has 0 amide bonds. The first-order valence-electron chi connectivity index (χ1n) is 47.0. The molecule has 0 aromatic rings. The van der Waals surface area contributed by atoms with Crippen molar-refractivity contribution in [3.63, 3.8) is 0 Å². The van der Waals surface area contributed by atoms with Crippen LogP contribution in [-0.4, -0.2) is 76.3 Å². The van der Waals surface area contributed by atoms with E-state index in [0.717, 1.165) is 80.6 Å². The summed E-state index contributed by atoms with van der Waals surface area (Å²) in [6.07, 6.45) is 76.5. The van der Waals surface area contributed by atoms with Gasteiger partial charge in [0.05, 0.1) is 36.6 Å². The molecule has 17 aliphatic carbocycles. The van der Waals surface area contributed by atoms with E-state index in [4.69, 9.17) is 28.4 Å². The van der Waals surface area contributed by atoms with Gasteiger partial charge >= 0.3 is 0 Å². The maximum atomic E-state index is 6.40. The van der Waals surface area contributed by atoms with E-state index < -0.39 is 0 Å². The maximum Gasteiger partial charge on any atom is 0.0687 e. The van der Waals surface area contributed by atoms with Crippen molar-refractivity contribution in [2.45, 2.75) is 468 Å². The van der Waals surface area contributed by atoms with Crippen molar-refractivity contribution in [2.24, 2.45) is 106 Å². The minimum Gasteiger partial charge on any atom is -0.378 e. The summed E-state index contributed by atoms with van der Waals surface area (Å²) in [5, 5.41) is 0. The zero-order valence-corrected chi connectivity index (χ0v) is 71.5. The average Bonchev–Trinajstić information content (AvgIpc) is 1.58. The van der Waals surface area contributed by atoms with Crippen LogP contribution in [-0.2, 0) is 28.4 Å². The van der Waals surface area contributed by atoms with Gasteiger partial charge in [0.2, 0.25) is 0 Å². The van der Waals surface area contributed by atoms with Crippen LogP contribution in [0.5, 0.6) is 0 Å². The van der Waals surface area contributed by atoms with Crippen LogP contribution < -0.4 is 0 Å². The zero-order valence-electron chi connectivity index (χ0n) is 71.5. The van der Waals surface area contributed by atoms with E-state index in [9.17, 15) is 0 Å². The molecule has 6 heteroatoms. The van der Waals surface area contributed by atoms with Gasteiger partial charge in [-0.1, -0.05) is 210 Å². The van der Waals surface area contributed by atoms with Crippen LogP contribution >= 0.6 is 0 Å². The molecule has 103 heavy (non-hydrogen) atoms. The molecule has 8 spiro atoms. The van der Waals surface area contributed by atoms with Gasteiger partial charge in [-0.3, -0.25) is 0 Å². The minimum absolute atomic E-state index is 0.325. The van der Waals surface area contributed by atoms with Crippen molar-refractivity contribution in [1.82, 2.24) is 0 Å². The van der Waals surface area contributed by atoms with Crippen molar-refractivity contribution < 1.29 is 28.4 Å². The van der Waals surface area contributed by atoms with Gasteiger partial charge in [-0.2, -0.15) is 0 Å². The van der Waals surface area contributed by atoms with Crippen molar-refractivity contribution >= 4 is 0 Å². The number of rotatable bonds is 12. The molecule has 0 saturated heterocycles. The lowest BCUT2D eigenvalue weighted by atomic mass is 9.47. The van der Waals surface area contributed by atoms with E-state index in [-0.39, 0.29) is 0 Å². The van der Waals surface area contributed by atoms with Crippen LogP contribution in [0.3, 0.4) is 0 Å². The standard InChI is InChI=1S/C18H30O.C17H30O.C17H32O.C16H28O.C15H26O.C14H26O/c1-2-19-16-15-12-14(18(16)10-6-7-11-18)13-17(15)8-4-3-5-9-17;1-2-18-15-16(9-5-3-6-10-16)13-14-17(15)11-7-4-8-12-17;1-6-18-14-15(2,3)12-13-17(16(14,4)5)10-8-7-9-11-17;1-4-17-14-13-10-12(15(14,2)3)11-16(13)8-6-5-7-9-16;1-2-16-13-14(7-3-4-8-14)11-12-15(13)9-5-6-10-15;1-6-15-12-13(2,3)10-8-7-9-11(10)14(12,4)5/h14-16H,2-13H2,1H3;15H,2-14H2,1H3;14H,6-13H2,1-5H3;12-14H,4-11H2,1-3H3;13H,2-12H2,1H3;10-12H,6-9H2,1-5H3. The van der Waals surface area contributed by atoms with Gasteiger partial charge in [0.25, 0.3) is 0 Å². The molecule has 17 saturated carbocycles. The highest BCUT2D eigenvalue weighted by atomic mass is 16.5. The zero-order chi connectivity index (χ0) is 73.3. The van der Waals surface area contributed by atoms with Gasteiger partial charge in [-0.15, -0.1) is 0 Å². The smallest absolute Gasteiger partial charge is 0.0687 e. The summed E-state index contributed by atoms with van der Waals surface area (Å²) in [7, 11) is 0. The van der Waals surface area contributed by atoms with E-state index in [0.29, 0.717) is 102 Å². The largest absolute Gasteiger partial charge is 0.378 e. The predicted molar refractivity (Wildman–Crippen MR) is 433 cm³/mol. The van der Waals surface area contributed by atoms with Gasteiger partial charge in [0.1, 0.15) is 0 Å². The third-order valence-corrected chi connectivity index (χ3v) is 37.0. The van der Waals surface area contributed by atoms with Gasteiger partial charge in [0, 0.05) is 39.6 Å². The molecule has 0 aliphatic heterocycles. The number of fused-ring (bicyclic) bond motifs is 8. The number of ether oxygens (including phenoxy) is 6. The second kappa shape index (κ2) is 33.4. The Kier molecular flexibility index (Phi) is 26.7. The molecule has 4 bridgehead atoms. The molecule has 0 heterocycles. The Balaban J connectivity index is 0.000000117. The molecule has 17 fully saturated rings. The van der Waals surface area contributed by atoms with Crippen LogP contribution in [0.2, 0.25) is 0 Å². The van der Waals surface area contributed by atoms with Gasteiger partial charge in [0.15, 0.2) is 0 Å². The summed E-state index contributed by atoms with van der Waals surface area (Å²) in [6, 6.07) is 0. The highest BCUT2D eigenvalue weighted by Crippen LogP contribution is 2.74. The Morgan fingerprint density at radius 1 is 0.243 bits per heavy atom. The molecule has 17 rings (SSSR count). The molecule has 0 radical (unpaired) electrons. The van der Waals surface area contributed by atoms with Gasteiger partial charge in [-0.05, 0) is 327 Å². The number of hydrogen-bond acceptors (Lipinski definition) is 6. The lowest BCUT2D eigenvalue weighted by molar-refractivity contribution is -0.188. The molecule has 17 aliphatic rings. The topological polar surface area (TPSA) is 55.4 Å². The molecular weight excluding hydrogens is 1260 g/mol. The Labute approximate surface area is 638 Å². The lowest BCUT2D eigenvalue weighted by Crippen LogP contribution is -2.57. The normalized spacial score (nSPS) is 37.2. The van der Waals surface area contributed by atoms with Gasteiger partial charge in [-0.25, -0.2) is 0 Å². The lowest BCUT2D eigenvalue weighted by Gasteiger charge is -2.61. The van der Waals surface area contributed by atoms with Crippen LogP contribution in [0, 0.1) is 106 Å². The van der Waals surface area contributed by atoms with Crippen molar-refractivity contribution in [1.29, 1.82) is 0 Å². The molecule has 9 unspecified atom stereocenters. The summed E-state index contributed by atoms with van der Waals surface area (Å²) in [6.45, 7) is 42.8. The van der Waals surface area contributed by atoms with E-state index in [1.54, 1.807) is 6.42 Å². The van der Waals surface area contributed by atoms with E-state index in [2.05, 4.69) is 111 Å². The van der Waals surface area contributed by atoms with Crippen molar-refractivity contribution in [2.75, 3.05) is 39.6 Å². The fraction of sp³-hybridized carbons (Fsp3) is 1.00. The van der Waals surface area contributed by atoms with Crippen LogP contribution in [0.4, 0.5) is 0 Å². The molecular formula is C97H172O6. The molecule has 6 nitrogen and oxygen atoms in total. The maximum absolute atomic E-state index is 6.40. The molecule has 0 aromatic heterocycles. The summed E-state index contributed by atoms with van der Waals surface area (Å²) in [5.41, 5.74) is 6.84. The Morgan fingerprint density at radius 3 is 0.942 bits per heavy atom. The third kappa shape index (κ3) is 15.4. The molecule has 0 N–H and O–H groups in total. The Morgan fingerprint density at radius 2 is 0.553 bits per heavy atom. The Bertz CT molecular complexity index is 2500. The van der Waals surface area contributed by atoms with E-state index in [1.165, 1.54) is 315 Å². The van der Waals surface area contributed by atoms with Crippen LogP contribution in [0.15, 0.2) is 0 Å². The van der Waals surface area contributed by atoms with Crippen molar-refractivity contribution in [3.05, 3.63) is 0 Å². The highest BCUT2D eigenvalue weighted by Gasteiger charge is 2.69. The second-order valence-corrected chi connectivity index (χ2v) is 43.5. The summed E-state index contributed by atoms with van der Waals surface area (Å²) < 4.78 is 37.6. The third-order valence-electron chi connectivity index (χ3n) is 37.0. The van der Waals surface area contributed by atoms with Gasteiger partial charge < -0.3 is 28.4 Å². The highest BCUT2D eigenvalue weighted by molar-refractivity contribution is 5.18. The SMILES string of the molecule is CCOC1C(C)(C)C2CCCC2C1(C)C.CCOC1C(C)(C)CCC2(CCCCC2)C1(C)C.CCOC1C2(CCCC2)CCC12CCCC2.CCOC1C2(CCCCC2)CCC12CCCCC2.CCOC1C2CC(CC23CCCCC3)C1(C)C.CCOC1C2CC(CC23CCCCC3)C12CCCC2. The molecule has 0 aromatic carbocycles. The van der Waals surface area contributed by atoms with Crippen LogP contribution in [0.1, 0.15) is 432 Å². The average molecular weight is 1430 g/mol. The minimum atomic E-state index is 0.325. The first kappa shape index (κ1) is 82.2. The summed E-state index contributed by atoms with van der Waals surface area (Å²) >= 11 is 0. The number of hydrogen-bond donors (Lipinski definition) is 0. The second-order valence-electron chi connectivity index (χ2n) is 43.5. The van der Waals surface area contributed by atoms with E-state index >= 15 is 0 Å². The van der Waals surface area contributed by atoms with E-state index in [1.807, 2.05) is 0 Å². The summed E-state index contributed by atoms with van der Waals surface area (Å²) in [5.74, 6) is 5.54. The predicted octanol–water partition coefficient (Wildman–Crippen LogP) is 27.8. The van der Waals surface area contributed by atoms with Crippen molar-refractivity contribution in [3.8, 4) is 0 Å². The first-order valence-corrected chi connectivity index (χ1v) is 47.0. The quantitative estimate of drug-likeness (QED) is 0.194. The fourth-order valence-corrected chi connectivity index (χ4v) is 32.5. The Hall–Kier alpha value is -0.240. The first-order chi connectivity index (χ1) is 49.3. The fourth-order valence-electron chi connectivity index (χ4n) is 32.5. The molecule has 9 atom stereocenters. The van der Waals surface area contributed by atoms with Crippen LogP contribution in [0.25, 0.3) is 0 Å². The summed E-state index contributed by atoms with van der Waals surface area (Å²) in [4.78, 5) is 0. The monoisotopic (exact) mass is 1430 g/mol.